The van der Waals surface area contributed by atoms with Crippen molar-refractivity contribution in [1.29, 1.82) is 0 Å². The van der Waals surface area contributed by atoms with Crippen LogP contribution in [0.25, 0.3) is 0 Å². The Bertz CT molecular complexity index is 816. The third kappa shape index (κ3) is 5.40. The minimum absolute atomic E-state index is 0.0610. The normalized spacial score (nSPS) is 11.5. The summed E-state index contributed by atoms with van der Waals surface area (Å²) in [6.07, 6.45) is 0.0610. The number of amides is 1. The number of carboxylic acids is 1. The highest BCUT2D eigenvalue weighted by Crippen LogP contribution is 2.35. The molecule has 2 rings (SSSR count). The van der Waals surface area contributed by atoms with E-state index >= 15 is 0 Å². The predicted octanol–water partition coefficient (Wildman–Crippen LogP) is 3.56. The van der Waals surface area contributed by atoms with Gasteiger partial charge >= 0.3 is 11.9 Å². The van der Waals surface area contributed by atoms with E-state index in [0.29, 0.717) is 25.8 Å². The molecule has 0 spiro atoms. The summed E-state index contributed by atoms with van der Waals surface area (Å²) in [6, 6.07) is 10.6. The van der Waals surface area contributed by atoms with Crippen LogP contribution in [0.1, 0.15) is 22.8 Å². The summed E-state index contributed by atoms with van der Waals surface area (Å²) in [7, 11) is 0. The third-order valence-corrected chi connectivity index (χ3v) is 4.56. The van der Waals surface area contributed by atoms with E-state index in [0.717, 1.165) is 0 Å². The van der Waals surface area contributed by atoms with Gasteiger partial charge in [0.05, 0.1) is 8.95 Å². The third-order valence-electron chi connectivity index (χ3n) is 3.38. The Morgan fingerprint density at radius 2 is 1.69 bits per heavy atom. The van der Waals surface area contributed by atoms with E-state index < -0.39 is 23.9 Å². The molecular formula is C18H15Br2NO5. The number of carboxylic acid groups (broad SMARTS) is 1. The number of carbonyl (C=O) groups is 3. The standard InChI is InChI=1S/C18H15Br2NO5/c1-10(22)26-16-13(19)7-11(8-14(16)20)9-15(18(24)25)21-17(23)12-5-3-2-4-6-12/h2-8,15H,9H2,1H3,(H,21,23)(H,24,25). The van der Waals surface area contributed by atoms with Gasteiger partial charge in [0.15, 0.2) is 5.75 Å². The van der Waals surface area contributed by atoms with E-state index in [2.05, 4.69) is 37.2 Å². The van der Waals surface area contributed by atoms with Crippen LogP contribution in [0.5, 0.6) is 5.75 Å². The first kappa shape index (κ1) is 20.1. The van der Waals surface area contributed by atoms with Crippen LogP contribution in [0.2, 0.25) is 0 Å². The monoisotopic (exact) mass is 483 g/mol. The summed E-state index contributed by atoms with van der Waals surface area (Å²) in [6.45, 7) is 1.28. The highest BCUT2D eigenvalue weighted by Gasteiger charge is 2.22. The van der Waals surface area contributed by atoms with Crippen molar-refractivity contribution >= 4 is 49.7 Å². The Morgan fingerprint density at radius 3 is 2.19 bits per heavy atom. The van der Waals surface area contributed by atoms with Gasteiger partial charge in [-0.3, -0.25) is 9.59 Å². The summed E-state index contributed by atoms with van der Waals surface area (Å²) in [5.41, 5.74) is 1.02. The van der Waals surface area contributed by atoms with Crippen LogP contribution in [0.3, 0.4) is 0 Å². The molecular weight excluding hydrogens is 470 g/mol. The van der Waals surface area contributed by atoms with Crippen LogP contribution in [0.15, 0.2) is 51.4 Å². The number of carbonyl (C=O) groups excluding carboxylic acids is 2. The van der Waals surface area contributed by atoms with E-state index in [1.165, 1.54) is 6.92 Å². The van der Waals surface area contributed by atoms with Gasteiger partial charge in [0, 0.05) is 18.9 Å². The fourth-order valence-electron chi connectivity index (χ4n) is 2.24. The number of hydrogen-bond acceptors (Lipinski definition) is 4. The van der Waals surface area contributed by atoms with Gasteiger partial charge in [0.2, 0.25) is 0 Å². The zero-order valence-electron chi connectivity index (χ0n) is 13.7. The number of esters is 1. The number of nitrogens with one attached hydrogen (secondary N) is 1. The average Bonchev–Trinajstić information content (AvgIpc) is 2.58. The second kappa shape index (κ2) is 8.95. The van der Waals surface area contributed by atoms with Crippen molar-refractivity contribution in [3.63, 3.8) is 0 Å². The van der Waals surface area contributed by atoms with Gasteiger partial charge in [-0.05, 0) is 61.7 Å². The second-order valence-electron chi connectivity index (χ2n) is 5.42. The van der Waals surface area contributed by atoms with Gasteiger partial charge in [-0.2, -0.15) is 0 Å². The van der Waals surface area contributed by atoms with Gasteiger partial charge < -0.3 is 15.2 Å². The topological polar surface area (TPSA) is 92.7 Å². The van der Waals surface area contributed by atoms with Crippen LogP contribution >= 0.6 is 31.9 Å². The van der Waals surface area contributed by atoms with Crippen molar-refractivity contribution in [3.05, 3.63) is 62.5 Å². The van der Waals surface area contributed by atoms with Crippen LogP contribution in [0.4, 0.5) is 0 Å². The molecule has 26 heavy (non-hydrogen) atoms. The van der Waals surface area contributed by atoms with Crippen LogP contribution in [-0.4, -0.2) is 29.0 Å². The zero-order valence-corrected chi connectivity index (χ0v) is 16.8. The second-order valence-corrected chi connectivity index (χ2v) is 7.13. The van der Waals surface area contributed by atoms with Gasteiger partial charge in [-0.1, -0.05) is 18.2 Å². The highest BCUT2D eigenvalue weighted by atomic mass is 79.9. The average molecular weight is 485 g/mol. The molecule has 0 bridgehead atoms. The molecule has 0 aliphatic carbocycles. The van der Waals surface area contributed by atoms with Crippen molar-refractivity contribution in [3.8, 4) is 5.75 Å². The highest BCUT2D eigenvalue weighted by molar-refractivity contribution is 9.11. The van der Waals surface area contributed by atoms with Crippen molar-refractivity contribution in [2.75, 3.05) is 0 Å². The van der Waals surface area contributed by atoms with E-state index in [1.54, 1.807) is 42.5 Å². The Hall–Kier alpha value is -2.19. The molecule has 1 atom stereocenters. The number of aliphatic carboxylic acids is 1. The van der Waals surface area contributed by atoms with Crippen LogP contribution in [-0.2, 0) is 16.0 Å². The first-order chi connectivity index (χ1) is 12.3. The van der Waals surface area contributed by atoms with Gasteiger partial charge in [0.25, 0.3) is 5.91 Å². The number of halogens is 2. The smallest absolute Gasteiger partial charge is 0.326 e. The Morgan fingerprint density at radius 1 is 1.12 bits per heavy atom. The Labute approximate surface area is 166 Å². The van der Waals surface area contributed by atoms with Crippen LogP contribution in [0, 0.1) is 0 Å². The molecule has 0 saturated carbocycles. The minimum atomic E-state index is -1.15. The molecule has 2 N–H and O–H groups in total. The maximum atomic E-state index is 12.2. The number of hydrogen-bond donors (Lipinski definition) is 2. The predicted molar refractivity (Wildman–Crippen MR) is 102 cm³/mol. The molecule has 8 heteroatoms. The quantitative estimate of drug-likeness (QED) is 0.483. The molecule has 0 saturated heterocycles. The maximum Gasteiger partial charge on any atom is 0.326 e. The summed E-state index contributed by atoms with van der Waals surface area (Å²) in [4.78, 5) is 34.9. The van der Waals surface area contributed by atoms with Crippen molar-refractivity contribution in [2.24, 2.45) is 0 Å². The SMILES string of the molecule is CC(=O)Oc1c(Br)cc(CC(NC(=O)c2ccccc2)C(=O)O)cc1Br. The Kier molecular flexibility index (Phi) is 6.93. The van der Waals surface area contributed by atoms with Crippen molar-refractivity contribution < 1.29 is 24.2 Å². The molecule has 0 aromatic heterocycles. The largest absolute Gasteiger partial charge is 0.480 e. The molecule has 6 nitrogen and oxygen atoms in total. The number of ether oxygens (including phenoxy) is 1. The van der Waals surface area contributed by atoms with Gasteiger partial charge in [-0.15, -0.1) is 0 Å². The molecule has 1 amide bonds. The summed E-state index contributed by atoms with van der Waals surface area (Å²) in [5.74, 6) is -1.78. The lowest BCUT2D eigenvalue weighted by molar-refractivity contribution is -0.139. The van der Waals surface area contributed by atoms with E-state index in [4.69, 9.17) is 4.74 Å². The molecule has 2 aromatic carbocycles. The zero-order chi connectivity index (χ0) is 19.3. The molecule has 1 unspecified atom stereocenters. The summed E-state index contributed by atoms with van der Waals surface area (Å²) in [5, 5.41) is 11.9. The van der Waals surface area contributed by atoms with Crippen molar-refractivity contribution in [1.82, 2.24) is 5.32 Å². The van der Waals surface area contributed by atoms with E-state index in [9.17, 15) is 19.5 Å². The fraction of sp³-hybridized carbons (Fsp3) is 0.167. The van der Waals surface area contributed by atoms with Crippen molar-refractivity contribution in [2.45, 2.75) is 19.4 Å². The fourth-order valence-corrected chi connectivity index (χ4v) is 3.68. The first-order valence-corrected chi connectivity index (χ1v) is 9.11. The molecule has 0 aliphatic heterocycles. The van der Waals surface area contributed by atoms with Gasteiger partial charge in [0.1, 0.15) is 6.04 Å². The summed E-state index contributed by atoms with van der Waals surface area (Å²) < 4.78 is 6.08. The minimum Gasteiger partial charge on any atom is -0.480 e. The van der Waals surface area contributed by atoms with E-state index in [-0.39, 0.29) is 6.42 Å². The van der Waals surface area contributed by atoms with E-state index in [1.807, 2.05) is 0 Å². The molecule has 136 valence electrons. The summed E-state index contributed by atoms with van der Waals surface area (Å²) >= 11 is 6.60. The maximum absolute atomic E-state index is 12.2. The molecule has 0 radical (unpaired) electrons. The lowest BCUT2D eigenvalue weighted by Gasteiger charge is -2.16. The number of rotatable bonds is 6. The lowest BCUT2D eigenvalue weighted by Crippen LogP contribution is -2.42. The van der Waals surface area contributed by atoms with Crippen LogP contribution < -0.4 is 10.1 Å². The molecule has 0 aliphatic rings. The number of benzene rings is 2. The molecule has 0 fully saturated rings. The van der Waals surface area contributed by atoms with Gasteiger partial charge in [-0.25, -0.2) is 4.79 Å². The molecule has 0 heterocycles. The Balaban J connectivity index is 2.19. The lowest BCUT2D eigenvalue weighted by atomic mass is 10.1. The molecule has 2 aromatic rings. The first-order valence-electron chi connectivity index (χ1n) is 7.53.